The van der Waals surface area contributed by atoms with Gasteiger partial charge in [0.25, 0.3) is 0 Å². The quantitative estimate of drug-likeness (QED) is 0.154. The average Bonchev–Trinajstić information content (AvgIpc) is 3.01. The molecule has 1 heterocycles. The molecule has 5 nitrogen and oxygen atoms in total. The van der Waals surface area contributed by atoms with Gasteiger partial charge in [-0.3, -0.25) is 9.69 Å². The normalized spacial score (nSPS) is 14.8. The molecule has 222 valence electrons. The topological polar surface area (TPSA) is 49.9 Å². The van der Waals surface area contributed by atoms with Crippen LogP contribution >= 0.6 is 11.6 Å². The van der Waals surface area contributed by atoms with Crippen molar-refractivity contribution in [3.63, 3.8) is 0 Å². The second-order valence-corrected chi connectivity index (χ2v) is 10.8. The molecule has 43 heavy (non-hydrogen) atoms. The van der Waals surface area contributed by atoms with Crippen molar-refractivity contribution in [1.29, 1.82) is 0 Å². The lowest BCUT2D eigenvalue weighted by molar-refractivity contribution is -0.147. The predicted molar refractivity (Wildman–Crippen MR) is 161 cm³/mol. The first-order chi connectivity index (χ1) is 20.6. The van der Waals surface area contributed by atoms with Gasteiger partial charge in [0.2, 0.25) is 0 Å². The van der Waals surface area contributed by atoms with E-state index in [1.165, 1.54) is 19.2 Å². The van der Waals surface area contributed by atoms with Crippen LogP contribution in [0.15, 0.2) is 97.1 Å². The van der Waals surface area contributed by atoms with Gasteiger partial charge in [-0.2, -0.15) is 13.2 Å². The number of esters is 1. The zero-order valence-electron chi connectivity index (χ0n) is 23.5. The maximum atomic E-state index is 13.3. The van der Waals surface area contributed by atoms with Crippen LogP contribution in [0.1, 0.15) is 33.1 Å². The van der Waals surface area contributed by atoms with Crippen molar-refractivity contribution in [2.75, 3.05) is 38.2 Å². The smallest absolute Gasteiger partial charge is 0.416 e. The van der Waals surface area contributed by atoms with E-state index >= 15 is 0 Å². The summed E-state index contributed by atoms with van der Waals surface area (Å²) < 4.78 is 44.1. The third kappa shape index (κ3) is 7.09. The molecule has 1 unspecified atom stereocenters. The molecule has 1 aliphatic rings. The van der Waals surface area contributed by atoms with E-state index in [1.807, 2.05) is 36.4 Å². The van der Waals surface area contributed by atoms with E-state index in [2.05, 4.69) is 9.80 Å². The maximum absolute atomic E-state index is 13.3. The number of piperazine rings is 1. The predicted octanol–water partition coefficient (Wildman–Crippen LogP) is 7.49. The molecule has 0 aromatic heterocycles. The summed E-state index contributed by atoms with van der Waals surface area (Å²) in [4.78, 5) is 30.3. The Morgan fingerprint density at radius 1 is 0.860 bits per heavy atom. The Balaban J connectivity index is 1.23. The monoisotopic (exact) mass is 606 g/mol. The first-order valence-electron chi connectivity index (χ1n) is 13.8. The number of alkyl halides is 3. The minimum absolute atomic E-state index is 0.119. The fourth-order valence-electron chi connectivity index (χ4n) is 5.44. The molecule has 5 rings (SSSR count). The van der Waals surface area contributed by atoms with E-state index in [1.54, 1.807) is 36.4 Å². The van der Waals surface area contributed by atoms with Crippen molar-refractivity contribution >= 4 is 29.0 Å². The second-order valence-electron chi connectivity index (χ2n) is 10.4. The fourth-order valence-corrected chi connectivity index (χ4v) is 5.64. The number of nitrogens with zero attached hydrogens (tertiary/aromatic N) is 2. The lowest BCUT2D eigenvalue weighted by Gasteiger charge is -2.39. The van der Waals surface area contributed by atoms with E-state index in [0.29, 0.717) is 47.9 Å². The molecule has 0 amide bonds. The number of anilines is 1. The van der Waals surface area contributed by atoms with Crippen LogP contribution in [-0.2, 0) is 22.1 Å². The van der Waals surface area contributed by atoms with Crippen LogP contribution in [0.2, 0.25) is 5.02 Å². The highest BCUT2D eigenvalue weighted by molar-refractivity contribution is 6.30. The SMILES string of the molecule is COC(=O)C(c1cccc(Cl)c1)N1CCN(c2ccc(CC(=O)c3ccccc3-c3ccc(C(F)(F)F)cc3)cc2)CC1. The molecule has 1 saturated heterocycles. The number of hydrogen-bond donors (Lipinski definition) is 0. The summed E-state index contributed by atoms with van der Waals surface area (Å²) in [5, 5.41) is 0.562. The largest absolute Gasteiger partial charge is 0.468 e. The molecule has 0 saturated carbocycles. The van der Waals surface area contributed by atoms with Crippen LogP contribution in [0.25, 0.3) is 11.1 Å². The highest BCUT2D eigenvalue weighted by Crippen LogP contribution is 2.32. The summed E-state index contributed by atoms with van der Waals surface area (Å²) in [6.45, 7) is 2.69. The Hall–Kier alpha value is -4.14. The first kappa shape index (κ1) is 30.3. The van der Waals surface area contributed by atoms with Gasteiger partial charge in [-0.1, -0.05) is 72.3 Å². The van der Waals surface area contributed by atoms with Gasteiger partial charge < -0.3 is 9.64 Å². The standard InChI is InChI=1S/C34H30ClF3N2O3/c1-43-33(42)32(25-5-4-6-27(35)22-25)40-19-17-39(18-20-40)28-15-9-23(10-16-28)21-31(41)30-8-3-2-7-29(30)24-11-13-26(14-12-24)34(36,37)38/h2-16,22,32H,17-21H2,1H3. The van der Waals surface area contributed by atoms with Crippen molar-refractivity contribution < 1.29 is 27.5 Å². The van der Waals surface area contributed by atoms with Crippen LogP contribution in [0.3, 0.4) is 0 Å². The molecule has 0 aliphatic carbocycles. The number of ketones is 1. The summed E-state index contributed by atoms with van der Waals surface area (Å²) in [6, 6.07) is 26.3. The number of benzene rings is 4. The number of methoxy groups -OCH3 is 1. The van der Waals surface area contributed by atoms with Crippen LogP contribution in [-0.4, -0.2) is 49.9 Å². The molecule has 1 aliphatic heterocycles. The Kier molecular flexibility index (Phi) is 9.18. The maximum Gasteiger partial charge on any atom is 0.416 e. The average molecular weight is 607 g/mol. The van der Waals surface area contributed by atoms with Crippen LogP contribution in [0.5, 0.6) is 0 Å². The van der Waals surface area contributed by atoms with Gasteiger partial charge in [-0.15, -0.1) is 0 Å². The minimum atomic E-state index is -4.42. The highest BCUT2D eigenvalue weighted by atomic mass is 35.5. The van der Waals surface area contributed by atoms with Crippen LogP contribution in [0.4, 0.5) is 18.9 Å². The van der Waals surface area contributed by atoms with Crippen molar-refractivity contribution in [1.82, 2.24) is 4.90 Å². The number of Topliss-reactive ketones (excluding diaryl/α,β-unsaturated/α-hetero) is 1. The molecule has 9 heteroatoms. The van der Waals surface area contributed by atoms with Gasteiger partial charge in [0, 0.05) is 48.9 Å². The first-order valence-corrected chi connectivity index (χ1v) is 14.2. The van der Waals surface area contributed by atoms with Crippen molar-refractivity contribution in [2.24, 2.45) is 0 Å². The molecular formula is C34H30ClF3N2O3. The molecular weight excluding hydrogens is 577 g/mol. The van der Waals surface area contributed by atoms with Crippen LogP contribution in [0, 0.1) is 0 Å². The molecule has 4 aromatic rings. The zero-order valence-corrected chi connectivity index (χ0v) is 24.2. The summed E-state index contributed by atoms with van der Waals surface area (Å²) >= 11 is 6.18. The highest BCUT2D eigenvalue weighted by Gasteiger charge is 2.32. The van der Waals surface area contributed by atoms with E-state index in [4.69, 9.17) is 16.3 Å². The molecule has 1 fully saturated rings. The minimum Gasteiger partial charge on any atom is -0.468 e. The van der Waals surface area contributed by atoms with Crippen molar-refractivity contribution in [2.45, 2.75) is 18.6 Å². The number of carbonyl (C=O) groups excluding carboxylic acids is 2. The number of halogens is 4. The number of hydrogen-bond acceptors (Lipinski definition) is 5. The van der Waals surface area contributed by atoms with E-state index < -0.39 is 17.8 Å². The zero-order chi connectivity index (χ0) is 30.6. The molecule has 0 N–H and O–H groups in total. The number of rotatable bonds is 8. The number of carbonyl (C=O) groups is 2. The van der Waals surface area contributed by atoms with E-state index in [9.17, 15) is 22.8 Å². The summed E-state index contributed by atoms with van der Waals surface area (Å²) in [6.07, 6.45) is -4.26. The molecule has 0 spiro atoms. The molecule has 0 radical (unpaired) electrons. The second kappa shape index (κ2) is 13.0. The van der Waals surface area contributed by atoms with Crippen LogP contribution < -0.4 is 4.90 Å². The summed E-state index contributed by atoms with van der Waals surface area (Å²) in [7, 11) is 1.38. The lowest BCUT2D eigenvalue weighted by atomic mass is 9.93. The van der Waals surface area contributed by atoms with Crippen molar-refractivity contribution in [3.8, 4) is 11.1 Å². The van der Waals surface area contributed by atoms with E-state index in [-0.39, 0.29) is 18.2 Å². The Labute approximate surface area is 253 Å². The van der Waals surface area contributed by atoms with Gasteiger partial charge in [-0.25, -0.2) is 4.79 Å². The summed E-state index contributed by atoms with van der Waals surface area (Å²) in [5.74, 6) is -0.448. The third-order valence-electron chi connectivity index (χ3n) is 7.69. The van der Waals surface area contributed by atoms with Gasteiger partial charge >= 0.3 is 12.1 Å². The fraction of sp³-hybridized carbons (Fsp3) is 0.235. The third-order valence-corrected chi connectivity index (χ3v) is 7.92. The Bertz CT molecular complexity index is 1580. The van der Waals surface area contributed by atoms with Gasteiger partial charge in [0.1, 0.15) is 6.04 Å². The van der Waals surface area contributed by atoms with Gasteiger partial charge in [0.15, 0.2) is 5.78 Å². The van der Waals surface area contributed by atoms with Crippen molar-refractivity contribution in [3.05, 3.63) is 124 Å². The summed E-state index contributed by atoms with van der Waals surface area (Å²) in [5.41, 5.74) is 3.52. The van der Waals surface area contributed by atoms with Gasteiger partial charge in [-0.05, 0) is 58.7 Å². The van der Waals surface area contributed by atoms with Gasteiger partial charge in [0.05, 0.1) is 12.7 Å². The lowest BCUT2D eigenvalue weighted by Crippen LogP contribution is -2.49. The number of ether oxygens (including phenoxy) is 1. The Morgan fingerprint density at radius 3 is 2.16 bits per heavy atom. The van der Waals surface area contributed by atoms with E-state index in [0.717, 1.165) is 28.9 Å². The Morgan fingerprint density at radius 2 is 1.53 bits per heavy atom. The molecule has 4 aromatic carbocycles. The molecule has 0 bridgehead atoms. The molecule has 1 atom stereocenters.